The molecule has 1 N–H and O–H groups in total. The molecule has 1 aliphatic rings. The number of likely N-dealkylation sites (N-methyl/N-ethyl adjacent to an activating group) is 1. The van der Waals surface area contributed by atoms with Crippen LogP contribution >= 0.6 is 11.3 Å². The zero-order valence-electron chi connectivity index (χ0n) is 10.5. The van der Waals surface area contributed by atoms with Gasteiger partial charge in [-0.25, -0.2) is 0 Å². The molecule has 0 radical (unpaired) electrons. The van der Waals surface area contributed by atoms with Crippen molar-refractivity contribution in [2.24, 2.45) is 0 Å². The molecule has 0 aliphatic heterocycles. The van der Waals surface area contributed by atoms with Crippen LogP contribution in [0.2, 0.25) is 0 Å². The van der Waals surface area contributed by atoms with Crippen LogP contribution in [-0.4, -0.2) is 17.0 Å². The Balaban J connectivity index is 1.97. The standard InChI is InChI=1S/C14H17N3S/c1-15-14(12-8-16-9-18-12)11-6-2-4-10-5-3-7-17-13(10)11/h3,5,7-9,11,14-15H,2,4,6H2,1H3. The van der Waals surface area contributed by atoms with Crippen molar-refractivity contribution < 1.29 is 0 Å². The fraction of sp³-hybridized carbons (Fsp3) is 0.429. The number of hydrogen-bond acceptors (Lipinski definition) is 4. The molecule has 0 saturated carbocycles. The van der Waals surface area contributed by atoms with Crippen molar-refractivity contribution in [3.8, 4) is 0 Å². The minimum Gasteiger partial charge on any atom is -0.312 e. The lowest BCUT2D eigenvalue weighted by atomic mass is 9.81. The third-order valence-corrected chi connectivity index (χ3v) is 4.57. The third kappa shape index (κ3) is 2.06. The lowest BCUT2D eigenvalue weighted by molar-refractivity contribution is 0.420. The highest BCUT2D eigenvalue weighted by atomic mass is 32.1. The van der Waals surface area contributed by atoms with E-state index >= 15 is 0 Å². The number of rotatable bonds is 3. The summed E-state index contributed by atoms with van der Waals surface area (Å²) in [6, 6.07) is 4.60. The monoisotopic (exact) mass is 259 g/mol. The van der Waals surface area contributed by atoms with E-state index in [1.54, 1.807) is 11.3 Å². The summed E-state index contributed by atoms with van der Waals surface area (Å²) in [6.07, 6.45) is 7.51. The number of aryl methyl sites for hydroxylation is 1. The topological polar surface area (TPSA) is 37.8 Å². The van der Waals surface area contributed by atoms with E-state index < -0.39 is 0 Å². The zero-order valence-corrected chi connectivity index (χ0v) is 11.3. The van der Waals surface area contributed by atoms with Crippen molar-refractivity contribution in [3.63, 3.8) is 0 Å². The summed E-state index contributed by atoms with van der Waals surface area (Å²) in [6.45, 7) is 0. The predicted octanol–water partition coefficient (Wildman–Crippen LogP) is 2.92. The Morgan fingerprint density at radius 3 is 3.22 bits per heavy atom. The smallest absolute Gasteiger partial charge is 0.0794 e. The predicted molar refractivity (Wildman–Crippen MR) is 73.8 cm³/mol. The van der Waals surface area contributed by atoms with E-state index in [1.165, 1.54) is 35.4 Å². The number of fused-ring (bicyclic) bond motifs is 1. The molecule has 94 valence electrons. The minimum absolute atomic E-state index is 0.339. The molecule has 0 spiro atoms. The summed E-state index contributed by atoms with van der Waals surface area (Å²) in [5.41, 5.74) is 4.59. The number of nitrogens with one attached hydrogen (secondary N) is 1. The van der Waals surface area contributed by atoms with Crippen molar-refractivity contribution in [1.29, 1.82) is 0 Å². The van der Waals surface area contributed by atoms with E-state index in [4.69, 9.17) is 0 Å². The number of hydrogen-bond donors (Lipinski definition) is 1. The van der Waals surface area contributed by atoms with Gasteiger partial charge in [-0.05, 0) is 37.9 Å². The van der Waals surface area contributed by atoms with Gasteiger partial charge in [-0.15, -0.1) is 11.3 Å². The molecule has 2 unspecified atom stereocenters. The Labute approximate surface area is 111 Å². The van der Waals surface area contributed by atoms with Gasteiger partial charge in [-0.1, -0.05) is 6.07 Å². The van der Waals surface area contributed by atoms with Crippen molar-refractivity contribution in [3.05, 3.63) is 46.2 Å². The maximum atomic E-state index is 4.62. The quantitative estimate of drug-likeness (QED) is 0.921. The number of thiazole rings is 1. The highest BCUT2D eigenvalue weighted by molar-refractivity contribution is 7.09. The van der Waals surface area contributed by atoms with Gasteiger partial charge in [0.1, 0.15) is 0 Å². The number of pyridine rings is 1. The minimum atomic E-state index is 0.339. The molecule has 3 nitrogen and oxygen atoms in total. The Morgan fingerprint density at radius 2 is 2.44 bits per heavy atom. The van der Waals surface area contributed by atoms with E-state index in [0.717, 1.165) is 0 Å². The van der Waals surface area contributed by atoms with E-state index in [2.05, 4.69) is 21.4 Å². The maximum absolute atomic E-state index is 4.62. The highest BCUT2D eigenvalue weighted by Crippen LogP contribution is 2.39. The first-order valence-electron chi connectivity index (χ1n) is 6.39. The van der Waals surface area contributed by atoms with Crippen LogP contribution in [0.3, 0.4) is 0 Å². The van der Waals surface area contributed by atoms with Crippen molar-refractivity contribution in [2.75, 3.05) is 7.05 Å². The third-order valence-electron chi connectivity index (χ3n) is 3.71. The first kappa shape index (κ1) is 11.8. The van der Waals surface area contributed by atoms with Crippen LogP contribution in [0.4, 0.5) is 0 Å². The highest BCUT2D eigenvalue weighted by Gasteiger charge is 2.29. The second kappa shape index (κ2) is 5.16. The molecule has 2 aromatic rings. The molecular weight excluding hydrogens is 242 g/mol. The van der Waals surface area contributed by atoms with Crippen LogP contribution in [-0.2, 0) is 6.42 Å². The summed E-state index contributed by atoms with van der Waals surface area (Å²) < 4.78 is 0. The summed E-state index contributed by atoms with van der Waals surface area (Å²) >= 11 is 1.72. The summed E-state index contributed by atoms with van der Waals surface area (Å²) in [7, 11) is 2.03. The summed E-state index contributed by atoms with van der Waals surface area (Å²) in [4.78, 5) is 10.1. The largest absolute Gasteiger partial charge is 0.312 e. The zero-order chi connectivity index (χ0) is 12.4. The Morgan fingerprint density at radius 1 is 1.50 bits per heavy atom. The van der Waals surface area contributed by atoms with E-state index in [-0.39, 0.29) is 0 Å². The average molecular weight is 259 g/mol. The molecule has 2 atom stereocenters. The molecular formula is C14H17N3S. The van der Waals surface area contributed by atoms with E-state index in [0.29, 0.717) is 12.0 Å². The van der Waals surface area contributed by atoms with Gasteiger partial charge in [0.05, 0.1) is 11.6 Å². The van der Waals surface area contributed by atoms with Crippen molar-refractivity contribution in [2.45, 2.75) is 31.2 Å². The SMILES string of the molecule is CNC(c1cncs1)C1CCCc2cccnc21. The van der Waals surface area contributed by atoms with Gasteiger partial charge in [0.15, 0.2) is 0 Å². The second-order valence-corrected chi connectivity index (χ2v) is 5.63. The van der Waals surface area contributed by atoms with E-state index in [9.17, 15) is 0 Å². The molecule has 3 rings (SSSR count). The molecule has 0 bridgehead atoms. The second-order valence-electron chi connectivity index (χ2n) is 4.72. The van der Waals surface area contributed by atoms with E-state index in [1.807, 2.05) is 31.0 Å². The average Bonchev–Trinajstić information content (AvgIpc) is 2.94. The molecule has 1 aliphatic carbocycles. The van der Waals surface area contributed by atoms with Crippen LogP contribution in [0.1, 0.15) is 40.9 Å². The summed E-state index contributed by atoms with van der Waals surface area (Å²) in [5.74, 6) is 0.473. The first-order chi connectivity index (χ1) is 8.90. The fourth-order valence-corrected chi connectivity index (χ4v) is 3.68. The molecule has 0 fully saturated rings. The molecule has 2 aromatic heterocycles. The molecule has 0 aromatic carbocycles. The molecule has 2 heterocycles. The Bertz CT molecular complexity index is 510. The lowest BCUT2D eigenvalue weighted by Gasteiger charge is -2.30. The van der Waals surface area contributed by atoms with Gasteiger partial charge in [0.25, 0.3) is 0 Å². The van der Waals surface area contributed by atoms with Gasteiger partial charge in [-0.2, -0.15) is 0 Å². The van der Waals surface area contributed by atoms with Gasteiger partial charge >= 0.3 is 0 Å². The number of nitrogens with zero attached hydrogens (tertiary/aromatic N) is 2. The van der Waals surface area contributed by atoms with Crippen LogP contribution < -0.4 is 5.32 Å². The van der Waals surface area contributed by atoms with Crippen molar-refractivity contribution >= 4 is 11.3 Å². The Hall–Kier alpha value is -1.26. The number of aromatic nitrogens is 2. The summed E-state index contributed by atoms with van der Waals surface area (Å²) in [5, 5.41) is 3.45. The Kier molecular flexibility index (Phi) is 3.39. The van der Waals surface area contributed by atoms with Gasteiger partial charge in [-0.3, -0.25) is 9.97 Å². The van der Waals surface area contributed by atoms with Gasteiger partial charge < -0.3 is 5.32 Å². The molecule has 4 heteroatoms. The lowest BCUT2D eigenvalue weighted by Crippen LogP contribution is -2.26. The molecule has 0 saturated heterocycles. The van der Waals surface area contributed by atoms with Crippen LogP contribution in [0, 0.1) is 0 Å². The van der Waals surface area contributed by atoms with Crippen LogP contribution in [0.5, 0.6) is 0 Å². The maximum Gasteiger partial charge on any atom is 0.0794 e. The van der Waals surface area contributed by atoms with Gasteiger partial charge in [0, 0.05) is 28.9 Å². The first-order valence-corrected chi connectivity index (χ1v) is 7.27. The van der Waals surface area contributed by atoms with Crippen molar-refractivity contribution in [1.82, 2.24) is 15.3 Å². The fourth-order valence-electron chi connectivity index (χ4n) is 2.89. The van der Waals surface area contributed by atoms with Crippen LogP contribution in [0.25, 0.3) is 0 Å². The van der Waals surface area contributed by atoms with Crippen LogP contribution in [0.15, 0.2) is 30.0 Å². The normalized spacial score (nSPS) is 20.4. The van der Waals surface area contributed by atoms with Gasteiger partial charge in [0.2, 0.25) is 0 Å². The molecule has 18 heavy (non-hydrogen) atoms. The molecule has 0 amide bonds.